The smallest absolute Gasteiger partial charge is 0.222 e. The van der Waals surface area contributed by atoms with Crippen molar-refractivity contribution in [2.75, 3.05) is 32.2 Å². The number of aryl methyl sites for hydroxylation is 1. The Kier molecular flexibility index (Phi) is 6.14. The van der Waals surface area contributed by atoms with E-state index < -0.39 is 11.7 Å². The fourth-order valence-electron chi connectivity index (χ4n) is 3.92. The van der Waals surface area contributed by atoms with Crippen molar-refractivity contribution < 1.29 is 24.1 Å². The first-order chi connectivity index (χ1) is 15.3. The minimum Gasteiger partial charge on any atom is -0.491 e. The summed E-state index contributed by atoms with van der Waals surface area (Å²) in [4.78, 5) is 20.8. The molecule has 0 saturated carbocycles. The number of carbonyl (C=O) groups excluding carboxylic acids is 1. The number of ether oxygens (including phenoxy) is 3. The van der Waals surface area contributed by atoms with Crippen molar-refractivity contribution in [2.24, 2.45) is 7.05 Å². The van der Waals surface area contributed by atoms with E-state index in [1.165, 1.54) is 6.92 Å². The van der Waals surface area contributed by atoms with E-state index in [4.69, 9.17) is 19.2 Å². The maximum Gasteiger partial charge on any atom is 0.222 e. The summed E-state index contributed by atoms with van der Waals surface area (Å²) in [6.45, 7) is 4.27. The first-order valence-corrected chi connectivity index (χ1v) is 10.5. The minimum atomic E-state index is -0.660. The number of fused-ring (bicyclic) bond motifs is 1. The molecule has 1 amide bonds. The van der Waals surface area contributed by atoms with Gasteiger partial charge in [0.2, 0.25) is 5.91 Å². The Bertz CT molecular complexity index is 1130. The molecule has 0 radical (unpaired) electrons. The van der Waals surface area contributed by atoms with Gasteiger partial charge in [-0.05, 0) is 13.0 Å². The predicted octanol–water partition coefficient (Wildman–Crippen LogP) is 2.62. The van der Waals surface area contributed by atoms with E-state index in [0.29, 0.717) is 42.6 Å². The van der Waals surface area contributed by atoms with Crippen molar-refractivity contribution in [3.05, 3.63) is 36.3 Å². The number of hydrogen-bond acceptors (Lipinski definition) is 7. The summed E-state index contributed by atoms with van der Waals surface area (Å²) in [5.74, 6) is 0.866. The van der Waals surface area contributed by atoms with Crippen molar-refractivity contribution in [1.29, 1.82) is 0 Å². The van der Waals surface area contributed by atoms with Gasteiger partial charge in [-0.25, -0.2) is 9.97 Å². The van der Waals surface area contributed by atoms with Gasteiger partial charge >= 0.3 is 0 Å². The van der Waals surface area contributed by atoms with Gasteiger partial charge in [-0.3, -0.25) is 4.79 Å². The monoisotopic (exact) mass is 440 g/mol. The van der Waals surface area contributed by atoms with Crippen molar-refractivity contribution in [3.63, 3.8) is 0 Å². The normalized spacial score (nSPS) is 19.3. The Morgan fingerprint density at radius 3 is 2.88 bits per heavy atom. The van der Waals surface area contributed by atoms with Crippen LogP contribution in [0.1, 0.15) is 26.0 Å². The highest BCUT2D eigenvalue weighted by Crippen LogP contribution is 2.38. The van der Waals surface area contributed by atoms with E-state index in [1.54, 1.807) is 20.2 Å². The number of methoxy groups -OCH3 is 1. The number of aliphatic hydroxyl groups is 1. The van der Waals surface area contributed by atoms with E-state index in [-0.39, 0.29) is 12.5 Å². The SMILES string of the molecule is CO[C@@]1(c2cc(OC[C@H](C)O)cc(-c3cn(C)c4cnc(NC(C)=O)cc34)n2)CCOC1. The molecule has 2 atom stereocenters. The Morgan fingerprint density at radius 2 is 2.22 bits per heavy atom. The average Bonchev–Trinajstić information content (AvgIpc) is 3.37. The second-order valence-corrected chi connectivity index (χ2v) is 8.16. The van der Waals surface area contributed by atoms with Crippen LogP contribution >= 0.6 is 0 Å². The third-order valence-electron chi connectivity index (χ3n) is 5.59. The van der Waals surface area contributed by atoms with Gasteiger partial charge in [0.25, 0.3) is 0 Å². The maximum absolute atomic E-state index is 11.5. The molecule has 1 aliphatic rings. The lowest BCUT2D eigenvalue weighted by Gasteiger charge is -2.26. The van der Waals surface area contributed by atoms with Gasteiger partial charge in [0.15, 0.2) is 0 Å². The molecule has 2 N–H and O–H groups in total. The van der Waals surface area contributed by atoms with Crippen LogP contribution < -0.4 is 10.1 Å². The van der Waals surface area contributed by atoms with Gasteiger partial charge in [-0.2, -0.15) is 0 Å². The molecule has 1 saturated heterocycles. The lowest BCUT2D eigenvalue weighted by atomic mass is 9.96. The quantitative estimate of drug-likeness (QED) is 0.581. The molecular weight excluding hydrogens is 412 g/mol. The molecule has 4 rings (SSSR count). The topological polar surface area (TPSA) is 108 Å². The highest BCUT2D eigenvalue weighted by molar-refractivity contribution is 5.98. The van der Waals surface area contributed by atoms with Crippen LogP contribution in [-0.2, 0) is 26.9 Å². The molecular formula is C23H28N4O5. The van der Waals surface area contributed by atoms with Gasteiger partial charge in [0, 0.05) is 63.4 Å². The van der Waals surface area contributed by atoms with Crippen LogP contribution in [0.4, 0.5) is 5.82 Å². The molecule has 9 heteroatoms. The van der Waals surface area contributed by atoms with E-state index in [0.717, 1.165) is 16.5 Å². The van der Waals surface area contributed by atoms with Crippen LogP contribution in [0.2, 0.25) is 0 Å². The highest BCUT2D eigenvalue weighted by Gasteiger charge is 2.39. The predicted molar refractivity (Wildman–Crippen MR) is 120 cm³/mol. The standard InChI is InChI=1S/C23H28N4O5/c1-14(28)12-32-16-7-19(26-21(8-16)23(30-4)5-6-31-13-23)18-11-27(3)20-10-24-22(9-17(18)20)25-15(2)29/h7-11,14,28H,5-6,12-13H2,1-4H3,(H,24,25,29)/t14-,23-/m0/s1. The molecule has 0 unspecified atom stereocenters. The number of amides is 1. The maximum atomic E-state index is 11.5. The number of aromatic nitrogens is 3. The van der Waals surface area contributed by atoms with Crippen molar-refractivity contribution in [3.8, 4) is 17.0 Å². The van der Waals surface area contributed by atoms with Gasteiger partial charge in [-0.15, -0.1) is 0 Å². The first-order valence-electron chi connectivity index (χ1n) is 10.5. The van der Waals surface area contributed by atoms with Crippen molar-refractivity contribution in [2.45, 2.75) is 32.0 Å². The molecule has 0 aromatic carbocycles. The fourth-order valence-corrected chi connectivity index (χ4v) is 3.92. The Morgan fingerprint density at radius 1 is 1.41 bits per heavy atom. The summed E-state index contributed by atoms with van der Waals surface area (Å²) in [6.07, 6.45) is 3.77. The lowest BCUT2D eigenvalue weighted by Crippen LogP contribution is -2.30. The summed E-state index contributed by atoms with van der Waals surface area (Å²) < 4.78 is 19.3. The van der Waals surface area contributed by atoms with Crippen LogP contribution in [0.15, 0.2) is 30.6 Å². The Balaban J connectivity index is 1.86. The number of nitrogens with one attached hydrogen (secondary N) is 1. The molecule has 32 heavy (non-hydrogen) atoms. The van der Waals surface area contributed by atoms with Crippen LogP contribution in [0.25, 0.3) is 22.2 Å². The van der Waals surface area contributed by atoms with Gasteiger partial charge in [-0.1, -0.05) is 0 Å². The number of rotatable bonds is 7. The molecule has 3 aromatic heterocycles. The zero-order valence-corrected chi connectivity index (χ0v) is 18.7. The number of aliphatic hydroxyl groups excluding tert-OH is 1. The molecule has 170 valence electrons. The van der Waals surface area contributed by atoms with Crippen molar-refractivity contribution >= 4 is 22.6 Å². The van der Waals surface area contributed by atoms with E-state index in [2.05, 4.69) is 10.3 Å². The molecule has 9 nitrogen and oxygen atoms in total. The molecule has 0 bridgehead atoms. The number of hydrogen-bond donors (Lipinski definition) is 2. The minimum absolute atomic E-state index is 0.158. The van der Waals surface area contributed by atoms with Crippen LogP contribution in [0, 0.1) is 0 Å². The van der Waals surface area contributed by atoms with Crippen molar-refractivity contribution in [1.82, 2.24) is 14.5 Å². The van der Waals surface area contributed by atoms with Gasteiger partial charge in [0.05, 0.1) is 35.8 Å². The van der Waals surface area contributed by atoms with Gasteiger partial charge < -0.3 is 29.2 Å². The zero-order valence-electron chi connectivity index (χ0n) is 18.7. The molecule has 1 aliphatic heterocycles. The summed E-state index contributed by atoms with van der Waals surface area (Å²) in [7, 11) is 3.59. The summed E-state index contributed by atoms with van der Waals surface area (Å²) in [5, 5.41) is 13.3. The zero-order chi connectivity index (χ0) is 22.9. The van der Waals surface area contributed by atoms with Crippen LogP contribution in [0.3, 0.4) is 0 Å². The first kappa shape index (κ1) is 22.2. The highest BCUT2D eigenvalue weighted by atomic mass is 16.5. The number of pyridine rings is 2. The number of nitrogens with zero attached hydrogens (tertiary/aromatic N) is 3. The van der Waals surface area contributed by atoms with Crippen LogP contribution in [-0.4, -0.2) is 58.6 Å². The van der Waals surface area contributed by atoms with E-state index in [9.17, 15) is 9.90 Å². The lowest BCUT2D eigenvalue weighted by molar-refractivity contribution is -0.114. The summed E-state index contributed by atoms with van der Waals surface area (Å²) in [6, 6.07) is 5.53. The van der Waals surface area contributed by atoms with E-state index >= 15 is 0 Å². The summed E-state index contributed by atoms with van der Waals surface area (Å²) >= 11 is 0. The molecule has 0 aliphatic carbocycles. The summed E-state index contributed by atoms with van der Waals surface area (Å²) in [5.41, 5.74) is 2.51. The molecule has 0 spiro atoms. The van der Waals surface area contributed by atoms with Gasteiger partial charge in [0.1, 0.15) is 23.8 Å². The third-order valence-corrected chi connectivity index (χ3v) is 5.59. The largest absolute Gasteiger partial charge is 0.491 e. The molecule has 3 aromatic rings. The molecule has 1 fully saturated rings. The molecule has 4 heterocycles. The second kappa shape index (κ2) is 8.85. The second-order valence-electron chi connectivity index (χ2n) is 8.16. The Hall–Kier alpha value is -3.01. The third kappa shape index (κ3) is 4.32. The van der Waals surface area contributed by atoms with Crippen LogP contribution in [0.5, 0.6) is 5.75 Å². The fraction of sp³-hybridized carbons (Fsp3) is 0.435. The Labute approximate surface area is 186 Å². The number of anilines is 1. The average molecular weight is 441 g/mol. The van der Waals surface area contributed by atoms with E-state index in [1.807, 2.05) is 36.0 Å². The number of carbonyl (C=O) groups is 1.